The number of nitrogens with one attached hydrogen (secondary N) is 6. The number of carboxylic acids is 1. The lowest BCUT2D eigenvalue weighted by molar-refractivity contribution is -0.144. The molecule has 0 bridgehead atoms. The number of hydrogen-bond acceptors (Lipinski definition) is 11. The van der Waals surface area contributed by atoms with Crippen LogP contribution in [0.4, 0.5) is 0 Å². The Morgan fingerprint density at radius 1 is 0.603 bits per heavy atom. The molecular formula is C39H72N8O11. The predicted octanol–water partition coefficient (Wildman–Crippen LogP) is -0.988. The maximum atomic E-state index is 13.8. The van der Waals surface area contributed by atoms with Gasteiger partial charge in [-0.2, -0.15) is 0 Å². The first-order valence-corrected chi connectivity index (χ1v) is 20.2. The third-order valence-electron chi connectivity index (χ3n) is 10.1. The topological polar surface area (TPSA) is 321 Å². The molecule has 7 amide bonds. The van der Waals surface area contributed by atoms with Gasteiger partial charge in [0.05, 0.1) is 24.8 Å². The zero-order valence-electron chi connectivity index (χ0n) is 36.1. The summed E-state index contributed by atoms with van der Waals surface area (Å²) in [6, 6.07) is -8.23. The smallest absolute Gasteiger partial charge is 0.326 e. The Labute approximate surface area is 342 Å². The molecule has 13 N–H and O–H groups in total. The maximum absolute atomic E-state index is 13.8. The van der Waals surface area contributed by atoms with Gasteiger partial charge in [0.1, 0.15) is 30.2 Å². The summed E-state index contributed by atoms with van der Waals surface area (Å²) in [4.78, 5) is 103. The third-order valence-corrected chi connectivity index (χ3v) is 10.1. The lowest BCUT2D eigenvalue weighted by Crippen LogP contribution is -2.59. The predicted molar refractivity (Wildman–Crippen MR) is 216 cm³/mol. The van der Waals surface area contributed by atoms with Crippen LogP contribution in [-0.2, 0) is 38.4 Å². The monoisotopic (exact) mass is 829 g/mol. The van der Waals surface area contributed by atoms with Crippen LogP contribution in [-0.4, -0.2) is 118 Å². The van der Waals surface area contributed by atoms with E-state index in [-0.39, 0.29) is 49.4 Å². The van der Waals surface area contributed by atoms with Crippen LogP contribution in [0.1, 0.15) is 108 Å². The molecule has 19 heteroatoms. The molecule has 19 nitrogen and oxygen atoms in total. The molecular weight excluding hydrogens is 756 g/mol. The number of aliphatic carboxylic acids is 1. The Hall–Kier alpha value is -4.36. The van der Waals surface area contributed by atoms with Gasteiger partial charge in [-0.1, -0.05) is 75.7 Å². The van der Waals surface area contributed by atoms with Gasteiger partial charge in [-0.3, -0.25) is 33.6 Å². The number of amides is 7. The van der Waals surface area contributed by atoms with Crippen molar-refractivity contribution in [1.29, 1.82) is 0 Å². The summed E-state index contributed by atoms with van der Waals surface area (Å²) in [5, 5.41) is 46.2. The number of aliphatic hydroxyl groups excluding tert-OH is 2. The Bertz CT molecular complexity index is 1390. The van der Waals surface area contributed by atoms with Crippen molar-refractivity contribution in [3.63, 3.8) is 0 Å². The average Bonchev–Trinajstić information content (AvgIpc) is 3.12. The maximum Gasteiger partial charge on any atom is 0.326 e. The zero-order valence-corrected chi connectivity index (χ0v) is 36.1. The zero-order chi connectivity index (χ0) is 45.2. The molecule has 0 unspecified atom stereocenters. The third kappa shape index (κ3) is 18.5. The van der Waals surface area contributed by atoms with Crippen LogP contribution in [0.25, 0.3) is 0 Å². The lowest BCUT2D eigenvalue weighted by Gasteiger charge is -2.32. The molecule has 0 aromatic rings. The van der Waals surface area contributed by atoms with Crippen molar-refractivity contribution in [2.75, 3.05) is 6.61 Å². The van der Waals surface area contributed by atoms with E-state index in [1.54, 1.807) is 48.5 Å². The van der Waals surface area contributed by atoms with Gasteiger partial charge in [0.2, 0.25) is 41.4 Å². The van der Waals surface area contributed by atoms with Gasteiger partial charge < -0.3 is 58.7 Å². The quantitative estimate of drug-likeness (QED) is 0.0476. The standard InChI is InChI=1S/C39H72N8O11/c1-12-22(10)32(38(56)46-31(21(8)9)39(57)58)47-34(52)24(19(4)5)16-28(49)26(15-18(2)3)44-33(51)23(11)42-35(53)25(13-14-29(40)50)43-36(54)27(17-48)45-37(55)30(41)20(6)7/h18-28,30-32,48-49H,12-17,41H2,1-11H3,(H2,40,50)(H,42,53)(H,43,54)(H,44,51)(H,45,55)(H,46,56)(H,47,52)(H,57,58)/t22-,23-,24-,25-,26-,27-,28-,30-,31-,32-/m0/s1. The fourth-order valence-corrected chi connectivity index (χ4v) is 5.93. The Balaban J connectivity index is 6.08. The van der Waals surface area contributed by atoms with Crippen molar-refractivity contribution >= 4 is 47.3 Å². The minimum absolute atomic E-state index is 0.0405. The van der Waals surface area contributed by atoms with Crippen LogP contribution in [0.5, 0.6) is 0 Å². The minimum Gasteiger partial charge on any atom is -0.480 e. The van der Waals surface area contributed by atoms with E-state index >= 15 is 0 Å². The van der Waals surface area contributed by atoms with E-state index in [2.05, 4.69) is 31.9 Å². The van der Waals surface area contributed by atoms with E-state index in [0.717, 1.165) is 0 Å². The average molecular weight is 829 g/mol. The molecule has 0 spiro atoms. The van der Waals surface area contributed by atoms with Crippen molar-refractivity contribution in [2.45, 2.75) is 157 Å². The number of carbonyl (C=O) groups is 8. The van der Waals surface area contributed by atoms with Gasteiger partial charge in [0.25, 0.3) is 0 Å². The van der Waals surface area contributed by atoms with Gasteiger partial charge >= 0.3 is 5.97 Å². The van der Waals surface area contributed by atoms with Crippen LogP contribution < -0.4 is 43.4 Å². The lowest BCUT2D eigenvalue weighted by atomic mass is 9.85. The normalized spacial score (nSPS) is 16.8. The van der Waals surface area contributed by atoms with Crippen LogP contribution >= 0.6 is 0 Å². The molecule has 0 aliphatic rings. The molecule has 0 rings (SSSR count). The minimum atomic E-state index is -1.48. The number of aliphatic hydroxyl groups is 2. The van der Waals surface area contributed by atoms with Crippen molar-refractivity contribution < 1.29 is 53.7 Å². The van der Waals surface area contributed by atoms with Crippen LogP contribution in [0.3, 0.4) is 0 Å². The van der Waals surface area contributed by atoms with E-state index in [1.807, 2.05) is 20.8 Å². The van der Waals surface area contributed by atoms with Gasteiger partial charge in [0, 0.05) is 12.3 Å². The summed E-state index contributed by atoms with van der Waals surface area (Å²) in [6.45, 7) is 18.1. The summed E-state index contributed by atoms with van der Waals surface area (Å²) >= 11 is 0. The first-order chi connectivity index (χ1) is 26.8. The Morgan fingerprint density at radius 2 is 1.14 bits per heavy atom. The highest BCUT2D eigenvalue weighted by atomic mass is 16.4. The molecule has 0 aliphatic carbocycles. The Morgan fingerprint density at radius 3 is 1.59 bits per heavy atom. The molecule has 334 valence electrons. The molecule has 0 aromatic carbocycles. The van der Waals surface area contributed by atoms with Gasteiger partial charge in [-0.25, -0.2) is 4.79 Å². The number of primary amides is 1. The first kappa shape index (κ1) is 53.6. The van der Waals surface area contributed by atoms with Gasteiger partial charge in [0.15, 0.2) is 0 Å². The highest BCUT2D eigenvalue weighted by molar-refractivity contribution is 5.95. The number of carbonyl (C=O) groups excluding carboxylic acids is 7. The molecule has 0 aromatic heterocycles. The molecule has 0 aliphatic heterocycles. The fraction of sp³-hybridized carbons (Fsp3) is 0.795. The van der Waals surface area contributed by atoms with E-state index in [9.17, 15) is 53.7 Å². The molecule has 0 fully saturated rings. The summed E-state index contributed by atoms with van der Waals surface area (Å²) in [5.41, 5.74) is 11.1. The fourth-order valence-electron chi connectivity index (χ4n) is 5.93. The largest absolute Gasteiger partial charge is 0.480 e. The number of hydrogen-bond donors (Lipinski definition) is 11. The van der Waals surface area contributed by atoms with Crippen molar-refractivity contribution in [2.24, 2.45) is 47.0 Å². The number of nitrogens with two attached hydrogens (primary N) is 2. The highest BCUT2D eigenvalue weighted by Crippen LogP contribution is 2.23. The van der Waals surface area contributed by atoms with Crippen LogP contribution in [0.2, 0.25) is 0 Å². The highest BCUT2D eigenvalue weighted by Gasteiger charge is 2.36. The second kappa shape index (κ2) is 25.9. The van der Waals surface area contributed by atoms with Gasteiger partial charge in [-0.15, -0.1) is 0 Å². The first-order valence-electron chi connectivity index (χ1n) is 20.2. The summed E-state index contributed by atoms with van der Waals surface area (Å²) in [5.74, 6) is -8.65. The molecule has 58 heavy (non-hydrogen) atoms. The number of rotatable bonds is 27. The Kier molecular flexibility index (Phi) is 23.9. The van der Waals surface area contributed by atoms with E-state index in [1.165, 1.54) is 6.92 Å². The number of carboxylic acid groups (broad SMARTS) is 1. The van der Waals surface area contributed by atoms with E-state index in [4.69, 9.17) is 11.5 Å². The molecule has 0 saturated heterocycles. The van der Waals surface area contributed by atoms with Crippen molar-refractivity contribution in [3.8, 4) is 0 Å². The van der Waals surface area contributed by atoms with Crippen molar-refractivity contribution in [1.82, 2.24) is 31.9 Å². The second-order valence-electron chi connectivity index (χ2n) is 16.6. The van der Waals surface area contributed by atoms with Crippen LogP contribution in [0, 0.1) is 35.5 Å². The van der Waals surface area contributed by atoms with Crippen LogP contribution in [0.15, 0.2) is 0 Å². The molecule has 0 heterocycles. The van der Waals surface area contributed by atoms with Gasteiger partial charge in [-0.05, 0) is 55.8 Å². The molecule has 0 radical (unpaired) electrons. The SMILES string of the molecule is CC[C@H](C)[C@H](NC(=O)[C@@H](C[C@H](O)[C@H](CC(C)C)NC(=O)[C@H](C)NC(=O)[C@H](CCC(N)=O)NC(=O)[C@H](CO)NC(=O)[C@@H](N)C(C)C)C(C)C)C(=O)N[C@H](C(=O)O)C(C)C. The second-order valence-corrected chi connectivity index (χ2v) is 16.6. The summed E-state index contributed by atoms with van der Waals surface area (Å²) < 4.78 is 0. The summed E-state index contributed by atoms with van der Waals surface area (Å²) in [7, 11) is 0. The van der Waals surface area contributed by atoms with E-state index < -0.39 is 114 Å². The van der Waals surface area contributed by atoms with E-state index in [0.29, 0.717) is 6.42 Å². The molecule has 0 saturated carbocycles. The van der Waals surface area contributed by atoms with Crippen molar-refractivity contribution in [3.05, 3.63) is 0 Å². The molecule has 10 atom stereocenters. The summed E-state index contributed by atoms with van der Waals surface area (Å²) in [6.07, 6.45) is -1.22.